The van der Waals surface area contributed by atoms with Crippen LogP contribution in [-0.2, 0) is 0 Å². The first-order chi connectivity index (χ1) is 5.79. The van der Waals surface area contributed by atoms with Crippen LogP contribution >= 0.6 is 11.8 Å². The summed E-state index contributed by atoms with van der Waals surface area (Å²) >= 11 is 1.92. The first kappa shape index (κ1) is 9.40. The Labute approximate surface area is 78.7 Å². The van der Waals surface area contributed by atoms with E-state index in [-0.39, 0.29) is 0 Å². The molecule has 1 heteroatoms. The van der Waals surface area contributed by atoms with Crippen LogP contribution in [0.4, 0.5) is 0 Å². The summed E-state index contributed by atoms with van der Waals surface area (Å²) in [5.74, 6) is 1.19. The monoisotopic (exact) mass is 178 g/mol. The zero-order chi connectivity index (χ0) is 8.97. The van der Waals surface area contributed by atoms with Gasteiger partial charge in [0.15, 0.2) is 0 Å². The second kappa shape index (κ2) is 4.36. The molecule has 0 saturated heterocycles. The van der Waals surface area contributed by atoms with E-state index in [1.54, 1.807) is 0 Å². The van der Waals surface area contributed by atoms with E-state index >= 15 is 0 Å². The molecule has 0 spiro atoms. The van der Waals surface area contributed by atoms with Crippen LogP contribution in [0.25, 0.3) is 0 Å². The molecule has 0 radical (unpaired) electrons. The van der Waals surface area contributed by atoms with E-state index in [0.717, 1.165) is 6.42 Å². The number of allylic oxidation sites excluding steroid dienone is 5. The fraction of sp³-hybridized carbons (Fsp3) is 0.273. The van der Waals surface area contributed by atoms with E-state index < -0.39 is 0 Å². The van der Waals surface area contributed by atoms with Crippen molar-refractivity contribution in [3.8, 4) is 0 Å². The average Bonchev–Trinajstić information content (AvgIpc) is 2.51. The van der Waals surface area contributed by atoms with Crippen LogP contribution < -0.4 is 0 Å². The lowest BCUT2D eigenvalue weighted by Crippen LogP contribution is -1.79. The van der Waals surface area contributed by atoms with Crippen molar-refractivity contribution in [3.05, 3.63) is 47.4 Å². The Balaban J connectivity index is 2.92. The second-order valence-electron chi connectivity index (χ2n) is 2.74. The molecule has 12 heavy (non-hydrogen) atoms. The van der Waals surface area contributed by atoms with Crippen molar-refractivity contribution in [2.24, 2.45) is 0 Å². The molecule has 1 aliphatic heterocycles. The Bertz CT molecular complexity index is 256. The van der Waals surface area contributed by atoms with Gasteiger partial charge in [0, 0.05) is 10.7 Å². The molecule has 0 aromatic rings. The summed E-state index contributed by atoms with van der Waals surface area (Å²) in [5, 5.41) is 0. The minimum Gasteiger partial charge on any atom is -0.125 e. The summed E-state index contributed by atoms with van der Waals surface area (Å²) in [6.07, 6.45) is 7.01. The molecule has 0 unspecified atom stereocenters. The highest BCUT2D eigenvalue weighted by molar-refractivity contribution is 8.03. The quantitative estimate of drug-likeness (QED) is 0.594. The van der Waals surface area contributed by atoms with Gasteiger partial charge in [0.05, 0.1) is 0 Å². The average molecular weight is 178 g/mol. The minimum atomic E-state index is 1.16. The van der Waals surface area contributed by atoms with Gasteiger partial charge < -0.3 is 0 Å². The molecule has 0 amide bonds. The third-order valence-corrected chi connectivity index (χ3v) is 3.16. The maximum atomic E-state index is 3.81. The molecule has 1 aliphatic rings. The van der Waals surface area contributed by atoms with Crippen LogP contribution in [0, 0.1) is 0 Å². The molecule has 64 valence electrons. The van der Waals surface area contributed by atoms with Crippen molar-refractivity contribution in [3.63, 3.8) is 0 Å². The van der Waals surface area contributed by atoms with Crippen LogP contribution in [0.3, 0.4) is 0 Å². The third kappa shape index (κ3) is 1.92. The molecule has 1 rings (SSSR count). The fourth-order valence-corrected chi connectivity index (χ4v) is 2.48. The molecular formula is C11H14S. The van der Waals surface area contributed by atoms with Crippen LogP contribution in [0.1, 0.15) is 13.3 Å². The van der Waals surface area contributed by atoms with Gasteiger partial charge in [0.1, 0.15) is 0 Å². The van der Waals surface area contributed by atoms with Crippen molar-refractivity contribution in [2.45, 2.75) is 13.3 Å². The summed E-state index contributed by atoms with van der Waals surface area (Å²) in [6.45, 7) is 9.62. The molecule has 0 saturated carbocycles. The number of hydrogen-bond donors (Lipinski definition) is 0. The maximum absolute atomic E-state index is 3.81. The summed E-state index contributed by atoms with van der Waals surface area (Å²) in [4.78, 5) is 1.39. The van der Waals surface area contributed by atoms with Gasteiger partial charge in [-0.05, 0) is 24.5 Å². The summed E-state index contributed by atoms with van der Waals surface area (Å²) in [6, 6.07) is 0. The summed E-state index contributed by atoms with van der Waals surface area (Å²) < 4.78 is 0. The second-order valence-corrected chi connectivity index (χ2v) is 3.85. The van der Waals surface area contributed by atoms with Gasteiger partial charge >= 0.3 is 0 Å². The molecule has 0 aromatic heterocycles. The fourth-order valence-electron chi connectivity index (χ4n) is 1.28. The van der Waals surface area contributed by atoms with E-state index in [9.17, 15) is 0 Å². The topological polar surface area (TPSA) is 0 Å². The molecule has 0 fully saturated rings. The van der Waals surface area contributed by atoms with E-state index in [2.05, 4.69) is 26.2 Å². The molecule has 0 nitrogen and oxygen atoms in total. The van der Waals surface area contributed by atoms with Gasteiger partial charge in [-0.2, -0.15) is 0 Å². The smallest absolute Gasteiger partial charge is 0.0133 e. The van der Waals surface area contributed by atoms with Crippen LogP contribution in [0.15, 0.2) is 47.4 Å². The molecule has 0 bridgehead atoms. The summed E-state index contributed by atoms with van der Waals surface area (Å²) in [5.41, 5.74) is 2.69. The first-order valence-electron chi connectivity index (χ1n) is 4.07. The van der Waals surface area contributed by atoms with Gasteiger partial charge in [-0.25, -0.2) is 0 Å². The highest BCUT2D eigenvalue weighted by Crippen LogP contribution is 2.36. The van der Waals surface area contributed by atoms with Crippen molar-refractivity contribution in [1.29, 1.82) is 0 Å². The minimum absolute atomic E-state index is 1.16. The van der Waals surface area contributed by atoms with Crippen LogP contribution in [0.5, 0.6) is 0 Å². The van der Waals surface area contributed by atoms with E-state index in [1.807, 2.05) is 23.9 Å². The van der Waals surface area contributed by atoms with Gasteiger partial charge in [-0.3, -0.25) is 0 Å². The van der Waals surface area contributed by atoms with Gasteiger partial charge in [-0.1, -0.05) is 31.4 Å². The summed E-state index contributed by atoms with van der Waals surface area (Å²) in [7, 11) is 0. The lowest BCUT2D eigenvalue weighted by atomic mass is 10.1. The van der Waals surface area contributed by atoms with Gasteiger partial charge in [-0.15, -0.1) is 11.8 Å². The van der Waals surface area contributed by atoms with Gasteiger partial charge in [0.2, 0.25) is 0 Å². The van der Waals surface area contributed by atoms with Crippen LogP contribution in [0.2, 0.25) is 0 Å². The molecule has 0 aromatic carbocycles. The highest BCUT2D eigenvalue weighted by atomic mass is 32.2. The Morgan fingerprint density at radius 2 is 2.25 bits per heavy atom. The SMILES string of the molecule is C=C/C=C(/C)C1=C(C=C)CCS1. The molecule has 0 N–H and O–H groups in total. The Kier molecular flexibility index (Phi) is 3.42. The van der Waals surface area contributed by atoms with Crippen molar-refractivity contribution in [1.82, 2.24) is 0 Å². The predicted molar refractivity (Wildman–Crippen MR) is 58.3 cm³/mol. The van der Waals surface area contributed by atoms with E-state index in [0.29, 0.717) is 0 Å². The molecule has 0 atom stereocenters. The van der Waals surface area contributed by atoms with E-state index in [4.69, 9.17) is 0 Å². The Morgan fingerprint density at radius 1 is 1.50 bits per heavy atom. The number of rotatable bonds is 3. The first-order valence-corrected chi connectivity index (χ1v) is 5.06. The maximum Gasteiger partial charge on any atom is 0.0133 e. The third-order valence-electron chi connectivity index (χ3n) is 1.88. The van der Waals surface area contributed by atoms with Crippen molar-refractivity contribution < 1.29 is 0 Å². The van der Waals surface area contributed by atoms with Crippen molar-refractivity contribution >= 4 is 11.8 Å². The van der Waals surface area contributed by atoms with Crippen LogP contribution in [-0.4, -0.2) is 5.75 Å². The number of hydrogen-bond acceptors (Lipinski definition) is 1. The largest absolute Gasteiger partial charge is 0.125 e. The molecule has 1 heterocycles. The Hall–Kier alpha value is -0.690. The zero-order valence-electron chi connectivity index (χ0n) is 7.47. The zero-order valence-corrected chi connectivity index (χ0v) is 8.29. The predicted octanol–water partition coefficient (Wildman–Crippen LogP) is 3.70. The molecular weight excluding hydrogens is 164 g/mol. The lowest BCUT2D eigenvalue weighted by Gasteiger charge is -2.01. The standard InChI is InChI=1S/C11H14S/c1-4-6-9(3)11-10(5-2)7-8-12-11/h4-6H,1-2,7-8H2,3H3/b9-6-. The number of thioether (sulfide) groups is 1. The normalized spacial score (nSPS) is 18.2. The van der Waals surface area contributed by atoms with E-state index in [1.165, 1.54) is 21.8 Å². The molecule has 0 aliphatic carbocycles. The lowest BCUT2D eigenvalue weighted by molar-refractivity contribution is 1.19. The van der Waals surface area contributed by atoms with Crippen molar-refractivity contribution in [2.75, 3.05) is 5.75 Å². The highest BCUT2D eigenvalue weighted by Gasteiger charge is 2.13. The van der Waals surface area contributed by atoms with Gasteiger partial charge in [0.25, 0.3) is 0 Å². The Morgan fingerprint density at radius 3 is 2.83 bits per heavy atom.